The molecule has 0 bridgehead atoms. The minimum Gasteiger partial charge on any atom is -0.350 e. The molecule has 1 aliphatic heterocycles. The fourth-order valence-corrected chi connectivity index (χ4v) is 4.77. The molecule has 1 atom stereocenters. The van der Waals surface area contributed by atoms with Gasteiger partial charge in [0.1, 0.15) is 0 Å². The molecule has 6 heteroatoms. The Balaban J connectivity index is 1.54. The van der Waals surface area contributed by atoms with Crippen molar-refractivity contribution < 1.29 is 4.79 Å². The first-order chi connectivity index (χ1) is 13.6. The van der Waals surface area contributed by atoms with E-state index in [-0.39, 0.29) is 17.5 Å². The van der Waals surface area contributed by atoms with Gasteiger partial charge >= 0.3 is 0 Å². The summed E-state index contributed by atoms with van der Waals surface area (Å²) in [6.45, 7) is 4.98. The van der Waals surface area contributed by atoms with Gasteiger partial charge in [0.15, 0.2) is 0 Å². The van der Waals surface area contributed by atoms with Gasteiger partial charge in [-0.15, -0.1) is 11.3 Å². The molecule has 146 valence electrons. The average Bonchev–Trinajstić information content (AvgIpc) is 3.24. The van der Waals surface area contributed by atoms with E-state index in [1.54, 1.807) is 17.4 Å². The zero-order valence-electron chi connectivity index (χ0n) is 16.0. The van der Waals surface area contributed by atoms with Gasteiger partial charge in [-0.25, -0.2) is 0 Å². The molecule has 1 aromatic carbocycles. The van der Waals surface area contributed by atoms with Crippen molar-refractivity contribution in [2.75, 3.05) is 19.6 Å². The van der Waals surface area contributed by atoms with E-state index < -0.39 is 0 Å². The summed E-state index contributed by atoms with van der Waals surface area (Å²) in [6, 6.07) is 11.6. The Morgan fingerprint density at radius 2 is 1.96 bits per heavy atom. The monoisotopic (exact) mass is 395 g/mol. The van der Waals surface area contributed by atoms with E-state index in [9.17, 15) is 9.59 Å². The molecule has 1 aliphatic rings. The number of carbonyl (C=O) groups excluding carboxylic acids is 1. The number of benzene rings is 1. The number of piperidine rings is 1. The molecular weight excluding hydrogens is 370 g/mol. The van der Waals surface area contributed by atoms with Crippen molar-refractivity contribution in [3.05, 3.63) is 68.8 Å². The fraction of sp³-hybridized carbons (Fsp3) is 0.364. The Bertz CT molecular complexity index is 1000. The number of carbonyl (C=O) groups is 1. The van der Waals surface area contributed by atoms with Crippen LogP contribution in [0.15, 0.2) is 52.8 Å². The SMILES string of the molecule is CC1CCN([C@@H](CNC(=O)c2c[nH]c(=O)c3ccccc23)c2cccs2)CC1. The third-order valence-electron chi connectivity index (χ3n) is 5.64. The van der Waals surface area contributed by atoms with Crippen LogP contribution in [0.1, 0.15) is 41.0 Å². The zero-order chi connectivity index (χ0) is 19.5. The normalized spacial score (nSPS) is 16.9. The predicted molar refractivity (Wildman–Crippen MR) is 114 cm³/mol. The molecule has 1 saturated heterocycles. The number of thiophene rings is 1. The van der Waals surface area contributed by atoms with Gasteiger partial charge in [-0.05, 0) is 49.4 Å². The van der Waals surface area contributed by atoms with Crippen molar-refractivity contribution in [3.63, 3.8) is 0 Å². The van der Waals surface area contributed by atoms with Crippen molar-refractivity contribution in [2.45, 2.75) is 25.8 Å². The topological polar surface area (TPSA) is 65.2 Å². The summed E-state index contributed by atoms with van der Waals surface area (Å²) in [5.41, 5.74) is 0.332. The van der Waals surface area contributed by atoms with Crippen LogP contribution in [-0.4, -0.2) is 35.4 Å². The number of nitrogens with zero attached hydrogens (tertiary/aromatic N) is 1. The highest BCUT2D eigenvalue weighted by atomic mass is 32.1. The van der Waals surface area contributed by atoms with Crippen LogP contribution in [-0.2, 0) is 0 Å². The molecule has 3 heterocycles. The first kappa shape index (κ1) is 18.9. The lowest BCUT2D eigenvalue weighted by Crippen LogP contribution is -2.41. The number of aromatic amines is 1. The van der Waals surface area contributed by atoms with Crippen LogP contribution in [0.3, 0.4) is 0 Å². The molecule has 0 radical (unpaired) electrons. The van der Waals surface area contributed by atoms with E-state index in [1.807, 2.05) is 18.2 Å². The molecule has 4 rings (SSSR count). The van der Waals surface area contributed by atoms with Gasteiger partial charge in [0.05, 0.1) is 11.6 Å². The van der Waals surface area contributed by atoms with Gasteiger partial charge in [0, 0.05) is 28.4 Å². The smallest absolute Gasteiger partial charge is 0.255 e. The number of hydrogen-bond acceptors (Lipinski definition) is 4. The number of likely N-dealkylation sites (tertiary alicyclic amines) is 1. The molecule has 2 N–H and O–H groups in total. The number of hydrogen-bond donors (Lipinski definition) is 2. The van der Waals surface area contributed by atoms with Crippen molar-refractivity contribution in [1.82, 2.24) is 15.2 Å². The standard InChI is InChI=1S/C22H25N3O2S/c1-15-8-10-25(11-9-15)19(20-7-4-12-28-20)14-24-22(27)18-13-23-21(26)17-6-3-2-5-16(17)18/h2-7,12-13,15,19H,8-11,14H2,1H3,(H,23,26)(H,24,27)/t19-/m0/s1. The molecule has 0 unspecified atom stereocenters. The molecule has 0 saturated carbocycles. The maximum atomic E-state index is 12.9. The van der Waals surface area contributed by atoms with Crippen molar-refractivity contribution in [2.24, 2.45) is 5.92 Å². The highest BCUT2D eigenvalue weighted by Crippen LogP contribution is 2.29. The lowest BCUT2D eigenvalue weighted by atomic mass is 9.97. The predicted octanol–water partition coefficient (Wildman–Crippen LogP) is 3.79. The molecule has 1 fully saturated rings. The quantitative estimate of drug-likeness (QED) is 0.691. The third-order valence-corrected chi connectivity index (χ3v) is 6.61. The van der Waals surface area contributed by atoms with Crippen molar-refractivity contribution in [1.29, 1.82) is 0 Å². The third kappa shape index (κ3) is 3.88. The molecule has 2 aromatic heterocycles. The molecule has 1 amide bonds. The number of fused-ring (bicyclic) bond motifs is 1. The molecule has 0 aliphatic carbocycles. The van der Waals surface area contributed by atoms with Gasteiger partial charge in [0.25, 0.3) is 11.5 Å². The summed E-state index contributed by atoms with van der Waals surface area (Å²) in [4.78, 5) is 31.4. The van der Waals surface area contributed by atoms with E-state index in [4.69, 9.17) is 0 Å². The summed E-state index contributed by atoms with van der Waals surface area (Å²) in [5.74, 6) is 0.613. The number of rotatable bonds is 5. The maximum Gasteiger partial charge on any atom is 0.255 e. The second-order valence-electron chi connectivity index (χ2n) is 7.54. The Hall–Kier alpha value is -2.44. The molecule has 28 heavy (non-hydrogen) atoms. The van der Waals surface area contributed by atoms with E-state index in [0.717, 1.165) is 19.0 Å². The molecule has 5 nitrogen and oxygen atoms in total. The first-order valence-electron chi connectivity index (χ1n) is 9.79. The highest BCUT2D eigenvalue weighted by Gasteiger charge is 2.26. The number of amides is 1. The number of H-pyrrole nitrogens is 1. The maximum absolute atomic E-state index is 12.9. The highest BCUT2D eigenvalue weighted by molar-refractivity contribution is 7.10. The fourth-order valence-electron chi connectivity index (χ4n) is 3.91. The van der Waals surface area contributed by atoms with Crippen LogP contribution in [0.5, 0.6) is 0 Å². The Kier molecular flexibility index (Phi) is 5.59. The zero-order valence-corrected chi connectivity index (χ0v) is 16.8. The van der Waals surface area contributed by atoms with Gasteiger partial charge in [-0.2, -0.15) is 0 Å². The molecule has 0 spiro atoms. The number of pyridine rings is 1. The largest absolute Gasteiger partial charge is 0.350 e. The lowest BCUT2D eigenvalue weighted by molar-refractivity contribution is 0.0916. The van der Waals surface area contributed by atoms with Gasteiger partial charge in [-0.3, -0.25) is 14.5 Å². The Morgan fingerprint density at radius 1 is 1.21 bits per heavy atom. The summed E-state index contributed by atoms with van der Waals surface area (Å²) >= 11 is 1.74. The summed E-state index contributed by atoms with van der Waals surface area (Å²) in [5, 5.41) is 6.42. The number of aromatic nitrogens is 1. The Morgan fingerprint density at radius 3 is 2.68 bits per heavy atom. The van der Waals surface area contributed by atoms with E-state index >= 15 is 0 Å². The van der Waals surface area contributed by atoms with Gasteiger partial charge < -0.3 is 10.3 Å². The second-order valence-corrected chi connectivity index (χ2v) is 8.52. The first-order valence-corrected chi connectivity index (χ1v) is 10.7. The Labute approximate surface area is 168 Å². The average molecular weight is 396 g/mol. The second kappa shape index (κ2) is 8.29. The van der Waals surface area contributed by atoms with Crippen LogP contribution in [0.4, 0.5) is 0 Å². The lowest BCUT2D eigenvalue weighted by Gasteiger charge is -2.36. The summed E-state index contributed by atoms with van der Waals surface area (Å²) < 4.78 is 0. The summed E-state index contributed by atoms with van der Waals surface area (Å²) in [7, 11) is 0. The molecular formula is C22H25N3O2S. The molecule has 3 aromatic rings. The minimum atomic E-state index is -0.175. The van der Waals surface area contributed by atoms with Crippen molar-refractivity contribution in [3.8, 4) is 0 Å². The van der Waals surface area contributed by atoms with E-state index in [0.29, 0.717) is 22.9 Å². The van der Waals surface area contributed by atoms with Crippen LogP contribution in [0.2, 0.25) is 0 Å². The van der Waals surface area contributed by atoms with Gasteiger partial charge in [0.2, 0.25) is 0 Å². The number of nitrogens with one attached hydrogen (secondary N) is 2. The van der Waals surface area contributed by atoms with E-state index in [2.05, 4.69) is 39.6 Å². The van der Waals surface area contributed by atoms with Crippen LogP contribution >= 0.6 is 11.3 Å². The van der Waals surface area contributed by atoms with Crippen LogP contribution in [0.25, 0.3) is 10.8 Å². The van der Waals surface area contributed by atoms with Crippen LogP contribution < -0.4 is 10.9 Å². The minimum absolute atomic E-state index is 0.153. The van der Waals surface area contributed by atoms with Crippen molar-refractivity contribution >= 4 is 28.0 Å². The van der Waals surface area contributed by atoms with E-state index in [1.165, 1.54) is 23.9 Å². The van der Waals surface area contributed by atoms with Crippen LogP contribution in [0, 0.1) is 5.92 Å². The summed E-state index contributed by atoms with van der Waals surface area (Å²) in [6.07, 6.45) is 3.91. The van der Waals surface area contributed by atoms with Gasteiger partial charge in [-0.1, -0.05) is 31.2 Å².